The second-order valence-electron chi connectivity index (χ2n) is 14.2. The minimum atomic E-state index is 0.608. The highest BCUT2D eigenvalue weighted by Gasteiger charge is 2.24. The topological polar surface area (TPSA) is 55.3 Å². The van der Waals surface area contributed by atoms with Gasteiger partial charge in [-0.2, -0.15) is 0 Å². The molecule has 0 N–H and O–H groups in total. The van der Waals surface area contributed by atoms with E-state index >= 15 is 0 Å². The molecular weight excluding hydrogens is 707 g/mol. The molecular formula is C50H29N3O2S. The van der Waals surface area contributed by atoms with Crippen LogP contribution in [0.5, 0.6) is 0 Å². The summed E-state index contributed by atoms with van der Waals surface area (Å²) in [7, 11) is 0. The highest BCUT2D eigenvalue weighted by molar-refractivity contribution is 7.26. The predicted molar refractivity (Wildman–Crippen MR) is 233 cm³/mol. The van der Waals surface area contributed by atoms with E-state index in [-0.39, 0.29) is 0 Å². The lowest BCUT2D eigenvalue weighted by Gasteiger charge is -2.26. The standard InChI is InChI=1S/C50H29N3O2S/c1-3-13-30(14-4-1)46-49-47(38-20-10-12-22-45(38)56-49)52-50(51-46)41-28-35(27-40-39-25-31-15-7-8-16-32(31)26-43(39)55-48(40)41)53(33-17-5-2-6-18-33)34-23-24-37-36-19-9-11-21-42(36)54-44(37)29-34/h1-29H. The molecule has 0 spiro atoms. The first kappa shape index (κ1) is 31.1. The van der Waals surface area contributed by atoms with Gasteiger partial charge in [-0.3, -0.25) is 0 Å². The van der Waals surface area contributed by atoms with Crippen LogP contribution < -0.4 is 4.90 Å². The van der Waals surface area contributed by atoms with Crippen LogP contribution in [0.15, 0.2) is 185 Å². The number of aromatic nitrogens is 2. The number of fused-ring (bicyclic) bond motifs is 10. The molecule has 0 aliphatic rings. The Bertz CT molecular complexity index is 3490. The molecule has 4 aromatic heterocycles. The van der Waals surface area contributed by atoms with Crippen LogP contribution in [-0.2, 0) is 0 Å². The molecule has 0 bridgehead atoms. The van der Waals surface area contributed by atoms with Crippen molar-refractivity contribution in [1.82, 2.24) is 9.97 Å². The monoisotopic (exact) mass is 735 g/mol. The van der Waals surface area contributed by atoms with E-state index in [0.29, 0.717) is 5.82 Å². The third kappa shape index (κ3) is 4.79. The zero-order valence-electron chi connectivity index (χ0n) is 29.8. The molecule has 8 aromatic carbocycles. The molecule has 4 heterocycles. The quantitative estimate of drug-likeness (QED) is 0.176. The molecule has 0 aliphatic carbocycles. The molecule has 56 heavy (non-hydrogen) atoms. The zero-order valence-corrected chi connectivity index (χ0v) is 30.6. The number of nitrogens with zero attached hydrogens (tertiary/aromatic N) is 3. The molecule has 0 fully saturated rings. The van der Waals surface area contributed by atoms with Crippen LogP contribution in [0, 0.1) is 0 Å². The lowest BCUT2D eigenvalue weighted by atomic mass is 10.0. The van der Waals surface area contributed by atoms with Gasteiger partial charge in [0.05, 0.1) is 21.5 Å². The summed E-state index contributed by atoms with van der Waals surface area (Å²) in [5.74, 6) is 0.608. The Morgan fingerprint density at radius 1 is 0.446 bits per heavy atom. The number of hydrogen-bond acceptors (Lipinski definition) is 6. The molecule has 0 saturated carbocycles. The number of hydrogen-bond donors (Lipinski definition) is 0. The molecule has 0 aliphatic heterocycles. The highest BCUT2D eigenvalue weighted by atomic mass is 32.1. The van der Waals surface area contributed by atoms with Crippen LogP contribution >= 0.6 is 11.3 Å². The van der Waals surface area contributed by atoms with E-state index in [9.17, 15) is 0 Å². The van der Waals surface area contributed by atoms with E-state index in [2.05, 4.69) is 157 Å². The summed E-state index contributed by atoms with van der Waals surface area (Å²) in [6.07, 6.45) is 0. The van der Waals surface area contributed by atoms with Gasteiger partial charge in [-0.25, -0.2) is 9.97 Å². The van der Waals surface area contributed by atoms with Crippen molar-refractivity contribution < 1.29 is 8.83 Å². The molecule has 5 nitrogen and oxygen atoms in total. The Hall–Kier alpha value is -7.28. The molecule has 0 unspecified atom stereocenters. The number of rotatable bonds is 5. The number of thiophene rings is 1. The third-order valence-corrected chi connectivity index (χ3v) is 12.0. The van der Waals surface area contributed by atoms with Crippen LogP contribution in [0.2, 0.25) is 0 Å². The van der Waals surface area contributed by atoms with E-state index in [1.165, 1.54) is 4.70 Å². The summed E-state index contributed by atoms with van der Waals surface area (Å²) in [6, 6.07) is 61.3. The fourth-order valence-electron chi connectivity index (χ4n) is 8.22. The van der Waals surface area contributed by atoms with Crippen molar-refractivity contribution in [3.63, 3.8) is 0 Å². The van der Waals surface area contributed by atoms with Gasteiger partial charge in [0.2, 0.25) is 0 Å². The van der Waals surface area contributed by atoms with Crippen LogP contribution in [0.25, 0.3) is 97.6 Å². The summed E-state index contributed by atoms with van der Waals surface area (Å²) in [4.78, 5) is 13.1. The lowest BCUT2D eigenvalue weighted by Crippen LogP contribution is -2.10. The first-order valence-corrected chi connectivity index (χ1v) is 19.5. The number of para-hydroxylation sites is 2. The number of furan rings is 2. The van der Waals surface area contributed by atoms with Crippen LogP contribution in [0.3, 0.4) is 0 Å². The van der Waals surface area contributed by atoms with E-state index in [1.807, 2.05) is 24.3 Å². The van der Waals surface area contributed by atoms with Gasteiger partial charge in [0, 0.05) is 60.3 Å². The fraction of sp³-hybridized carbons (Fsp3) is 0. The first-order chi connectivity index (χ1) is 27.7. The highest BCUT2D eigenvalue weighted by Crippen LogP contribution is 2.46. The van der Waals surface area contributed by atoms with Gasteiger partial charge in [0.1, 0.15) is 22.3 Å². The summed E-state index contributed by atoms with van der Waals surface area (Å²) in [5, 5.41) is 7.60. The average molecular weight is 736 g/mol. The van der Waals surface area contributed by atoms with Gasteiger partial charge in [-0.05, 0) is 71.4 Å². The molecule has 6 heteroatoms. The maximum Gasteiger partial charge on any atom is 0.164 e. The van der Waals surface area contributed by atoms with Gasteiger partial charge in [-0.1, -0.05) is 109 Å². The molecule has 0 radical (unpaired) electrons. The minimum absolute atomic E-state index is 0.608. The Morgan fingerprint density at radius 2 is 1.14 bits per heavy atom. The smallest absolute Gasteiger partial charge is 0.164 e. The average Bonchev–Trinajstić information content (AvgIpc) is 3.94. The van der Waals surface area contributed by atoms with Crippen molar-refractivity contribution in [2.75, 3.05) is 4.90 Å². The zero-order chi connectivity index (χ0) is 36.7. The van der Waals surface area contributed by atoms with Gasteiger partial charge >= 0.3 is 0 Å². The first-order valence-electron chi connectivity index (χ1n) is 18.6. The molecule has 12 rings (SSSR count). The number of benzene rings is 8. The third-order valence-electron chi connectivity index (χ3n) is 10.8. The second-order valence-corrected chi connectivity index (χ2v) is 15.2. The largest absolute Gasteiger partial charge is 0.456 e. The molecule has 0 amide bonds. The Morgan fingerprint density at radius 3 is 2.00 bits per heavy atom. The number of anilines is 3. The van der Waals surface area contributed by atoms with Crippen molar-refractivity contribution in [3.05, 3.63) is 176 Å². The van der Waals surface area contributed by atoms with Gasteiger partial charge in [-0.15, -0.1) is 11.3 Å². The molecule has 0 saturated heterocycles. The summed E-state index contributed by atoms with van der Waals surface area (Å²) in [6.45, 7) is 0. The SMILES string of the molecule is c1ccc(-c2nc(-c3cc(N(c4ccccc4)c4ccc5c(c4)oc4ccccc45)cc4c3oc3cc5ccccc5cc34)nc3c2sc2ccccc23)cc1. The van der Waals surface area contributed by atoms with Crippen molar-refractivity contribution in [3.8, 4) is 22.6 Å². The van der Waals surface area contributed by atoms with Gasteiger partial charge < -0.3 is 13.7 Å². The Kier molecular flexibility index (Phi) is 6.73. The van der Waals surface area contributed by atoms with Crippen molar-refractivity contribution in [2.24, 2.45) is 0 Å². The maximum absolute atomic E-state index is 6.90. The lowest BCUT2D eigenvalue weighted by molar-refractivity contribution is 0.668. The fourth-order valence-corrected chi connectivity index (χ4v) is 9.38. The Labute approximate surface area is 324 Å². The maximum atomic E-state index is 6.90. The van der Waals surface area contributed by atoms with Crippen LogP contribution in [0.4, 0.5) is 17.1 Å². The van der Waals surface area contributed by atoms with Crippen molar-refractivity contribution >= 4 is 103 Å². The Balaban J connectivity index is 1.18. The van der Waals surface area contributed by atoms with E-state index in [0.717, 1.165) is 104 Å². The summed E-state index contributed by atoms with van der Waals surface area (Å²) in [5.41, 5.74) is 9.89. The van der Waals surface area contributed by atoms with E-state index in [4.69, 9.17) is 18.8 Å². The predicted octanol–water partition coefficient (Wildman–Crippen LogP) is 14.6. The molecule has 0 atom stereocenters. The van der Waals surface area contributed by atoms with Crippen molar-refractivity contribution in [2.45, 2.75) is 0 Å². The summed E-state index contributed by atoms with van der Waals surface area (Å²) < 4.78 is 15.6. The normalized spacial score (nSPS) is 11.9. The van der Waals surface area contributed by atoms with Crippen LogP contribution in [-0.4, -0.2) is 9.97 Å². The van der Waals surface area contributed by atoms with Gasteiger partial charge in [0.15, 0.2) is 5.82 Å². The molecule has 262 valence electrons. The van der Waals surface area contributed by atoms with Crippen LogP contribution in [0.1, 0.15) is 0 Å². The molecule has 12 aromatic rings. The van der Waals surface area contributed by atoms with Crippen molar-refractivity contribution in [1.29, 1.82) is 0 Å². The van der Waals surface area contributed by atoms with E-state index < -0.39 is 0 Å². The minimum Gasteiger partial charge on any atom is -0.456 e. The second kappa shape index (κ2) is 12.1. The summed E-state index contributed by atoms with van der Waals surface area (Å²) >= 11 is 1.73. The van der Waals surface area contributed by atoms with E-state index in [1.54, 1.807) is 11.3 Å². The van der Waals surface area contributed by atoms with Gasteiger partial charge in [0.25, 0.3) is 0 Å².